The number of ether oxygens (including phenoxy) is 2. The van der Waals surface area contributed by atoms with Crippen molar-refractivity contribution < 1.29 is 19.2 Å². The summed E-state index contributed by atoms with van der Waals surface area (Å²) in [6.45, 7) is 3.08. The van der Waals surface area contributed by atoms with Crippen molar-refractivity contribution in [2.75, 3.05) is 6.79 Å². The number of nitro groups is 1. The van der Waals surface area contributed by atoms with Gasteiger partial charge in [-0.25, -0.2) is 5.01 Å². The number of non-ortho nitro benzene ring substituents is 1. The van der Waals surface area contributed by atoms with Crippen molar-refractivity contribution in [3.8, 4) is 17.6 Å². The number of nitrogens with zero attached hydrogens (tertiary/aromatic N) is 4. The molecule has 0 saturated heterocycles. The van der Waals surface area contributed by atoms with E-state index in [1.165, 1.54) is 19.1 Å². The molecule has 0 aromatic heterocycles. The first kappa shape index (κ1) is 18.4. The molecule has 9 nitrogen and oxygen atoms in total. The first-order valence-corrected chi connectivity index (χ1v) is 8.81. The first-order chi connectivity index (χ1) is 13.8. The topological polar surface area (TPSA) is 118 Å². The second-order valence-corrected chi connectivity index (χ2v) is 7.01. The highest BCUT2D eigenvalue weighted by atomic mass is 16.7. The molecule has 2 heterocycles. The number of rotatable bonds is 2. The summed E-state index contributed by atoms with van der Waals surface area (Å²) < 4.78 is 10.9. The molecule has 1 amide bonds. The SMILES string of the molecule is CC(=O)N1N=C(c2ccc([N+](=O)[O-])cc2)c2cc3c(cc2CC1(C)C#N)OCO3. The van der Waals surface area contributed by atoms with Gasteiger partial charge in [-0.3, -0.25) is 14.9 Å². The van der Waals surface area contributed by atoms with Crippen molar-refractivity contribution in [3.05, 3.63) is 63.2 Å². The van der Waals surface area contributed by atoms with Gasteiger partial charge in [-0.05, 0) is 36.8 Å². The summed E-state index contributed by atoms with van der Waals surface area (Å²) in [6, 6.07) is 11.6. The molecule has 2 aliphatic heterocycles. The van der Waals surface area contributed by atoms with Crippen LogP contribution in [-0.4, -0.2) is 33.9 Å². The molecule has 2 aromatic carbocycles. The molecule has 0 saturated carbocycles. The summed E-state index contributed by atoms with van der Waals surface area (Å²) in [5.74, 6) is 0.706. The minimum absolute atomic E-state index is 0.0563. The predicted molar refractivity (Wildman–Crippen MR) is 102 cm³/mol. The second-order valence-electron chi connectivity index (χ2n) is 7.01. The van der Waals surface area contributed by atoms with Gasteiger partial charge in [0.25, 0.3) is 5.69 Å². The van der Waals surface area contributed by atoms with Crippen molar-refractivity contribution in [1.82, 2.24) is 5.01 Å². The highest BCUT2D eigenvalue weighted by Crippen LogP contribution is 2.39. The molecule has 146 valence electrons. The quantitative estimate of drug-likeness (QED) is 0.573. The second kappa shape index (κ2) is 6.60. The lowest BCUT2D eigenvalue weighted by Gasteiger charge is -2.29. The number of carbonyl (C=O) groups excluding carboxylic acids is 1. The average Bonchev–Trinajstić information content (AvgIpc) is 3.10. The van der Waals surface area contributed by atoms with E-state index < -0.39 is 10.5 Å². The van der Waals surface area contributed by atoms with E-state index in [-0.39, 0.29) is 24.8 Å². The van der Waals surface area contributed by atoms with E-state index in [1.54, 1.807) is 31.2 Å². The summed E-state index contributed by atoms with van der Waals surface area (Å²) in [7, 11) is 0. The Bertz CT molecular complexity index is 1100. The number of amides is 1. The van der Waals surface area contributed by atoms with Gasteiger partial charge in [0, 0.05) is 36.6 Å². The molecule has 0 N–H and O–H groups in total. The number of fused-ring (bicyclic) bond motifs is 2. The molecule has 2 aromatic rings. The van der Waals surface area contributed by atoms with Gasteiger partial charge >= 0.3 is 0 Å². The average molecular weight is 392 g/mol. The van der Waals surface area contributed by atoms with Crippen LogP contribution in [-0.2, 0) is 11.2 Å². The molecule has 1 unspecified atom stereocenters. The van der Waals surface area contributed by atoms with Gasteiger partial charge in [0.1, 0.15) is 0 Å². The van der Waals surface area contributed by atoms with E-state index in [1.807, 2.05) is 0 Å². The van der Waals surface area contributed by atoms with Gasteiger partial charge in [-0.15, -0.1) is 0 Å². The van der Waals surface area contributed by atoms with E-state index in [4.69, 9.17) is 9.47 Å². The zero-order chi connectivity index (χ0) is 20.8. The van der Waals surface area contributed by atoms with Gasteiger partial charge in [0.15, 0.2) is 17.0 Å². The number of hydrogen-bond acceptors (Lipinski definition) is 7. The maximum absolute atomic E-state index is 12.3. The third-order valence-electron chi connectivity index (χ3n) is 4.95. The summed E-state index contributed by atoms with van der Waals surface area (Å²) in [6.07, 6.45) is 0.231. The van der Waals surface area contributed by atoms with Crippen molar-refractivity contribution in [2.24, 2.45) is 5.10 Å². The molecule has 0 bridgehead atoms. The Hall–Kier alpha value is -3.93. The van der Waals surface area contributed by atoms with Crippen LogP contribution in [0.1, 0.15) is 30.5 Å². The summed E-state index contributed by atoms with van der Waals surface area (Å²) in [5, 5.41) is 26.5. The lowest BCUT2D eigenvalue weighted by atomic mass is 9.88. The van der Waals surface area contributed by atoms with Crippen LogP contribution in [0.3, 0.4) is 0 Å². The largest absolute Gasteiger partial charge is 0.454 e. The van der Waals surface area contributed by atoms with Gasteiger partial charge in [-0.1, -0.05) is 0 Å². The maximum Gasteiger partial charge on any atom is 0.269 e. The van der Waals surface area contributed by atoms with E-state index in [2.05, 4.69) is 11.2 Å². The van der Waals surface area contributed by atoms with Gasteiger partial charge in [0.2, 0.25) is 12.7 Å². The summed E-state index contributed by atoms with van der Waals surface area (Å²) >= 11 is 0. The number of nitriles is 1. The first-order valence-electron chi connectivity index (χ1n) is 8.81. The number of hydrogen-bond donors (Lipinski definition) is 0. The highest BCUT2D eigenvalue weighted by molar-refractivity contribution is 6.14. The number of carbonyl (C=O) groups is 1. The lowest BCUT2D eigenvalue weighted by molar-refractivity contribution is -0.384. The molecule has 2 aliphatic rings. The zero-order valence-electron chi connectivity index (χ0n) is 15.7. The van der Waals surface area contributed by atoms with Gasteiger partial charge in [-0.2, -0.15) is 10.4 Å². The minimum Gasteiger partial charge on any atom is -0.454 e. The molecule has 0 radical (unpaired) electrons. The fourth-order valence-corrected chi connectivity index (χ4v) is 3.52. The van der Waals surface area contributed by atoms with Crippen LogP contribution >= 0.6 is 0 Å². The molecule has 4 rings (SSSR count). The van der Waals surface area contributed by atoms with Crippen LogP contribution in [0.15, 0.2) is 41.5 Å². The van der Waals surface area contributed by atoms with E-state index in [9.17, 15) is 20.2 Å². The minimum atomic E-state index is -1.21. The standard InChI is InChI=1S/C20H16N4O5/c1-12(25)23-20(2,10-21)9-14-7-17-18(29-11-28-17)8-16(14)19(22-23)13-3-5-15(6-4-13)24(26)27/h3-8H,9,11H2,1-2H3. The smallest absolute Gasteiger partial charge is 0.269 e. The van der Waals surface area contributed by atoms with Crippen LogP contribution in [0.25, 0.3) is 0 Å². The van der Waals surface area contributed by atoms with Crippen molar-refractivity contribution in [2.45, 2.75) is 25.8 Å². The fourth-order valence-electron chi connectivity index (χ4n) is 3.52. The van der Waals surface area contributed by atoms with Crippen LogP contribution in [0.2, 0.25) is 0 Å². The molecule has 29 heavy (non-hydrogen) atoms. The monoisotopic (exact) mass is 392 g/mol. The normalized spacial score (nSPS) is 19.6. The van der Waals surface area contributed by atoms with E-state index >= 15 is 0 Å². The predicted octanol–water partition coefficient (Wildman–Crippen LogP) is 2.76. The van der Waals surface area contributed by atoms with Gasteiger partial charge in [0.05, 0.1) is 16.7 Å². The van der Waals surface area contributed by atoms with Crippen molar-refractivity contribution in [1.29, 1.82) is 5.26 Å². The Kier molecular flexibility index (Phi) is 4.19. The third-order valence-corrected chi connectivity index (χ3v) is 4.95. The molecule has 0 fully saturated rings. The molecule has 9 heteroatoms. The van der Waals surface area contributed by atoms with E-state index in [0.717, 1.165) is 10.6 Å². The number of hydrazone groups is 1. The van der Waals surface area contributed by atoms with Crippen LogP contribution in [0.5, 0.6) is 11.5 Å². The Morgan fingerprint density at radius 3 is 2.52 bits per heavy atom. The Morgan fingerprint density at radius 1 is 1.28 bits per heavy atom. The summed E-state index contributed by atoms with van der Waals surface area (Å²) in [4.78, 5) is 22.8. The van der Waals surface area contributed by atoms with E-state index in [0.29, 0.717) is 28.3 Å². The molecule has 1 atom stereocenters. The van der Waals surface area contributed by atoms with Crippen molar-refractivity contribution >= 4 is 17.3 Å². The fraction of sp³-hybridized carbons (Fsp3) is 0.250. The Labute approximate surface area is 165 Å². The van der Waals surface area contributed by atoms with Crippen LogP contribution in [0, 0.1) is 21.4 Å². The van der Waals surface area contributed by atoms with Crippen LogP contribution in [0.4, 0.5) is 5.69 Å². The lowest BCUT2D eigenvalue weighted by Crippen LogP contribution is -2.46. The molecular weight excluding hydrogens is 376 g/mol. The van der Waals surface area contributed by atoms with Crippen molar-refractivity contribution in [3.63, 3.8) is 0 Å². The Morgan fingerprint density at radius 2 is 1.93 bits per heavy atom. The van der Waals surface area contributed by atoms with Crippen LogP contribution < -0.4 is 9.47 Å². The zero-order valence-corrected chi connectivity index (χ0v) is 15.7. The summed E-state index contributed by atoms with van der Waals surface area (Å²) in [5.41, 5.74) is 1.16. The molecule has 0 spiro atoms. The maximum atomic E-state index is 12.3. The number of benzene rings is 2. The number of nitro benzene ring substituents is 1. The molecular formula is C20H16N4O5. The van der Waals surface area contributed by atoms with Gasteiger partial charge < -0.3 is 9.47 Å². The Balaban J connectivity index is 1.95. The third kappa shape index (κ3) is 3.04. The molecule has 0 aliphatic carbocycles. The highest BCUT2D eigenvalue weighted by Gasteiger charge is 2.39.